The van der Waals surface area contributed by atoms with Crippen molar-refractivity contribution in [3.05, 3.63) is 74.2 Å². The van der Waals surface area contributed by atoms with E-state index >= 15 is 0 Å². The fourth-order valence-electron chi connectivity index (χ4n) is 7.46. The van der Waals surface area contributed by atoms with Crippen molar-refractivity contribution in [2.75, 3.05) is 24.5 Å². The van der Waals surface area contributed by atoms with Crippen molar-refractivity contribution in [1.29, 1.82) is 0 Å². The third-order valence-electron chi connectivity index (χ3n) is 10.5. The monoisotopic (exact) mass is 777 g/mol. The zero-order valence-electron chi connectivity index (χ0n) is 32.2. The summed E-state index contributed by atoms with van der Waals surface area (Å²) in [7, 11) is -4.50. The zero-order chi connectivity index (χ0) is 39.9. The number of fused-ring (bicyclic) bond motifs is 4. The number of carbonyl (C=O) groups is 1. The van der Waals surface area contributed by atoms with Crippen molar-refractivity contribution in [2.45, 2.75) is 115 Å². The highest BCUT2D eigenvalue weighted by molar-refractivity contribution is 7.85. The molecule has 0 radical (unpaired) electrons. The van der Waals surface area contributed by atoms with Gasteiger partial charge in [0.2, 0.25) is 11.1 Å². The number of aliphatic carboxylic acids is 1. The maximum Gasteiger partial charge on any atom is 0.351 e. The second-order valence-electron chi connectivity index (χ2n) is 14.9. The van der Waals surface area contributed by atoms with E-state index in [0.29, 0.717) is 48.2 Å². The van der Waals surface area contributed by atoms with Crippen molar-refractivity contribution < 1.29 is 41.4 Å². The summed E-state index contributed by atoms with van der Waals surface area (Å²) in [4.78, 5) is 40.5. The standard InChI is InChI=1S/C42H52N2O10S/c1-5-7-9-13-23-43(24-14-10-8-6-2)28-17-19-30-34(26-28)53-41(49)37-38(47)31(40(48)54-39(30)37)20-22-35-42(3,4)32-27-29(55(50,51)52)18-21-33(32)44(35)25-15-11-12-16-36(45)46/h17-22,26-27H,5-16,23-25H2,1-4H3,(H2,45,46,50,51,52)/p+1. The van der Waals surface area contributed by atoms with E-state index in [4.69, 9.17) is 13.9 Å². The second-order valence-corrected chi connectivity index (χ2v) is 16.3. The van der Waals surface area contributed by atoms with Crippen molar-refractivity contribution >= 4 is 61.2 Å². The van der Waals surface area contributed by atoms with Crippen LogP contribution in [-0.4, -0.2) is 59.1 Å². The highest BCUT2D eigenvalue weighted by Gasteiger charge is 2.45. The molecule has 2 aromatic carbocycles. The SMILES string of the molecule is CCCCCCN(CCCCCC)c1ccc2c(c1)oc(=O)c1c(=O)c(/C=C/C3=[N+](CCCCCC(=O)O)c4ccc(S(=O)(=O)O)cc4C3(C)C)c(O)oc12. The average molecular weight is 778 g/mol. The fraction of sp³-hybridized carbons (Fsp3) is 0.476. The Hall–Kier alpha value is -4.75. The molecule has 2 aromatic heterocycles. The average Bonchev–Trinajstić information content (AvgIpc) is 3.34. The molecule has 0 atom stereocenters. The van der Waals surface area contributed by atoms with Gasteiger partial charge in [-0.1, -0.05) is 52.4 Å². The molecular weight excluding hydrogens is 725 g/mol. The fourth-order valence-corrected chi connectivity index (χ4v) is 7.97. The zero-order valence-corrected chi connectivity index (χ0v) is 33.0. The molecule has 4 aromatic rings. The molecule has 1 aliphatic heterocycles. The topological polar surface area (TPSA) is 179 Å². The Balaban J connectivity index is 1.53. The number of allylic oxidation sites excluding steroid dienone is 1. The van der Waals surface area contributed by atoms with Gasteiger partial charge in [0.15, 0.2) is 16.7 Å². The van der Waals surface area contributed by atoms with Gasteiger partial charge in [-0.15, -0.1) is 0 Å². The van der Waals surface area contributed by atoms with Crippen LogP contribution in [0, 0.1) is 0 Å². The number of anilines is 1. The van der Waals surface area contributed by atoms with Gasteiger partial charge in [-0.2, -0.15) is 13.0 Å². The minimum absolute atomic E-state index is 0.0361. The van der Waals surface area contributed by atoms with E-state index < -0.39 is 38.5 Å². The molecule has 3 N–H and O–H groups in total. The predicted octanol–water partition coefficient (Wildman–Crippen LogP) is 8.55. The smallest absolute Gasteiger partial charge is 0.351 e. The van der Waals surface area contributed by atoms with E-state index in [0.717, 1.165) is 57.3 Å². The Morgan fingerprint density at radius 1 is 0.873 bits per heavy atom. The molecule has 0 amide bonds. The van der Waals surface area contributed by atoms with Crippen LogP contribution in [-0.2, 0) is 20.3 Å². The Labute approximate surface area is 321 Å². The summed E-state index contributed by atoms with van der Waals surface area (Å²) in [6.45, 7) is 10.2. The molecule has 55 heavy (non-hydrogen) atoms. The van der Waals surface area contributed by atoms with Gasteiger partial charge in [0.1, 0.15) is 17.7 Å². The number of nitrogens with zero attached hydrogens (tertiary/aromatic N) is 2. The summed E-state index contributed by atoms with van der Waals surface area (Å²) in [5.74, 6) is -1.56. The normalized spacial score (nSPS) is 14.1. The Morgan fingerprint density at radius 2 is 1.55 bits per heavy atom. The van der Waals surface area contributed by atoms with Crippen molar-refractivity contribution in [1.82, 2.24) is 0 Å². The third-order valence-corrected chi connectivity index (χ3v) is 11.4. The third kappa shape index (κ3) is 9.38. The molecule has 0 aliphatic carbocycles. The van der Waals surface area contributed by atoms with Gasteiger partial charge in [0.05, 0.1) is 15.7 Å². The van der Waals surface area contributed by atoms with E-state index in [1.54, 1.807) is 24.3 Å². The summed E-state index contributed by atoms with van der Waals surface area (Å²) in [5.41, 5.74) is 0.239. The first-order chi connectivity index (χ1) is 26.2. The van der Waals surface area contributed by atoms with Crippen LogP contribution >= 0.6 is 0 Å². The van der Waals surface area contributed by atoms with Crippen LogP contribution < -0.4 is 16.0 Å². The first kappa shape index (κ1) is 41.4. The molecule has 0 fully saturated rings. The van der Waals surface area contributed by atoms with Gasteiger partial charge >= 0.3 is 11.6 Å². The quantitative estimate of drug-likeness (QED) is 0.0257. The molecule has 13 heteroatoms. The molecule has 0 saturated heterocycles. The number of aromatic hydroxyl groups is 1. The van der Waals surface area contributed by atoms with Crippen LogP contribution in [0.2, 0.25) is 0 Å². The van der Waals surface area contributed by atoms with Gasteiger partial charge in [0, 0.05) is 55.4 Å². The molecule has 12 nitrogen and oxygen atoms in total. The number of hydrogen-bond acceptors (Lipinski definition) is 9. The number of hydrogen-bond donors (Lipinski definition) is 3. The molecule has 3 heterocycles. The first-order valence-corrected chi connectivity index (χ1v) is 20.8. The van der Waals surface area contributed by atoms with Crippen LogP contribution in [0.25, 0.3) is 28.0 Å². The van der Waals surface area contributed by atoms with E-state index in [1.807, 2.05) is 24.5 Å². The van der Waals surface area contributed by atoms with E-state index in [1.165, 1.54) is 31.1 Å². The Morgan fingerprint density at radius 3 is 2.18 bits per heavy atom. The lowest BCUT2D eigenvalue weighted by molar-refractivity contribution is -0.438. The van der Waals surface area contributed by atoms with Crippen LogP contribution in [0.3, 0.4) is 0 Å². The second kappa shape index (κ2) is 17.8. The van der Waals surface area contributed by atoms with Gasteiger partial charge in [-0.3, -0.25) is 14.1 Å². The number of benzene rings is 2. The minimum atomic E-state index is -4.50. The molecule has 0 bridgehead atoms. The lowest BCUT2D eigenvalue weighted by atomic mass is 9.81. The minimum Gasteiger partial charge on any atom is -0.481 e. The molecule has 0 saturated carbocycles. The summed E-state index contributed by atoms with van der Waals surface area (Å²) in [6, 6.07) is 9.78. The molecule has 5 rings (SSSR count). The summed E-state index contributed by atoms with van der Waals surface area (Å²) in [6.07, 6.45) is 13.7. The molecule has 0 spiro atoms. The number of carboxylic acid groups (broad SMARTS) is 1. The molecule has 296 valence electrons. The lowest BCUT2D eigenvalue weighted by Gasteiger charge is -2.25. The number of carboxylic acids is 1. The van der Waals surface area contributed by atoms with Crippen molar-refractivity contribution in [2.24, 2.45) is 0 Å². The maximum atomic E-state index is 13.9. The van der Waals surface area contributed by atoms with Crippen LogP contribution in [0.5, 0.6) is 5.95 Å². The maximum absolute atomic E-state index is 13.9. The largest absolute Gasteiger partial charge is 0.481 e. The van der Waals surface area contributed by atoms with Gasteiger partial charge in [0.25, 0.3) is 16.1 Å². The van der Waals surface area contributed by atoms with Crippen LogP contribution in [0.1, 0.15) is 116 Å². The Bertz CT molecular complexity index is 2320. The van der Waals surface area contributed by atoms with Crippen molar-refractivity contribution in [3.63, 3.8) is 0 Å². The molecule has 0 unspecified atom stereocenters. The van der Waals surface area contributed by atoms with E-state index in [-0.39, 0.29) is 33.4 Å². The van der Waals surface area contributed by atoms with Gasteiger partial charge in [-0.25, -0.2) is 4.79 Å². The Kier molecular flexibility index (Phi) is 13.4. The van der Waals surface area contributed by atoms with E-state index in [2.05, 4.69) is 18.7 Å². The highest BCUT2D eigenvalue weighted by atomic mass is 32.2. The summed E-state index contributed by atoms with van der Waals surface area (Å²) in [5, 5.41) is 20.3. The van der Waals surface area contributed by atoms with Crippen molar-refractivity contribution in [3.8, 4) is 5.95 Å². The predicted molar refractivity (Wildman–Crippen MR) is 215 cm³/mol. The van der Waals surface area contributed by atoms with E-state index in [9.17, 15) is 32.5 Å². The lowest BCUT2D eigenvalue weighted by Crippen LogP contribution is -2.28. The van der Waals surface area contributed by atoms with Gasteiger partial charge < -0.3 is 23.9 Å². The number of rotatable bonds is 20. The summed E-state index contributed by atoms with van der Waals surface area (Å²) < 4.78 is 47.4. The summed E-state index contributed by atoms with van der Waals surface area (Å²) >= 11 is 0. The first-order valence-electron chi connectivity index (χ1n) is 19.4. The van der Waals surface area contributed by atoms with Crippen LogP contribution in [0.4, 0.5) is 11.4 Å². The highest BCUT2D eigenvalue weighted by Crippen LogP contribution is 2.42. The van der Waals surface area contributed by atoms with Crippen LogP contribution in [0.15, 0.2) is 65.8 Å². The molecular formula is C42H53N2O10S+. The van der Waals surface area contributed by atoms with Gasteiger partial charge in [-0.05, 0) is 69.9 Å². The molecule has 1 aliphatic rings. The number of unbranched alkanes of at least 4 members (excludes halogenated alkanes) is 8.